The number of rotatable bonds is 8. The van der Waals surface area contributed by atoms with Crippen molar-refractivity contribution in [3.8, 4) is 0 Å². The maximum absolute atomic E-state index is 11.7. The summed E-state index contributed by atoms with van der Waals surface area (Å²) in [6.07, 6.45) is -13.7. The molecule has 214 valence electrons. The molecule has 0 aromatic heterocycles. The first-order chi connectivity index (χ1) is 17.4. The molecule has 0 radical (unpaired) electrons. The first-order valence-corrected chi connectivity index (χ1v) is 12.1. The Labute approximate surface area is 212 Å². The van der Waals surface area contributed by atoms with Gasteiger partial charge in [0.2, 0.25) is 5.91 Å². The number of aliphatic hydroxyl groups excluding tert-OH is 10. The summed E-state index contributed by atoms with van der Waals surface area (Å²) < 4.78 is 11.3. The summed E-state index contributed by atoms with van der Waals surface area (Å²) in [4.78, 5) is 11.7. The second kappa shape index (κ2) is 12.7. The second-order valence-electron chi connectivity index (χ2n) is 9.82. The van der Waals surface area contributed by atoms with Crippen molar-refractivity contribution < 1.29 is 65.3 Å². The van der Waals surface area contributed by atoms with E-state index in [4.69, 9.17) is 9.47 Å². The van der Waals surface area contributed by atoms with E-state index in [2.05, 4.69) is 10.6 Å². The molecule has 37 heavy (non-hydrogen) atoms. The monoisotopic (exact) mass is 538 g/mol. The average Bonchev–Trinajstić information content (AvgIpc) is 2.87. The lowest BCUT2D eigenvalue weighted by Crippen LogP contribution is -2.68. The van der Waals surface area contributed by atoms with Crippen LogP contribution in [0.15, 0.2) is 11.6 Å². The number of hydrogen-bond donors (Lipinski definition) is 12. The predicted octanol–water partition coefficient (Wildman–Crippen LogP) is -6.61. The maximum Gasteiger partial charge on any atom is 0.217 e. The largest absolute Gasteiger partial charge is 0.396 e. The van der Waals surface area contributed by atoms with E-state index in [0.717, 1.165) is 6.92 Å². The lowest BCUT2D eigenvalue weighted by molar-refractivity contribution is -0.303. The Kier molecular flexibility index (Phi) is 10.4. The Hall–Kier alpha value is -1.31. The minimum Gasteiger partial charge on any atom is -0.396 e. The molecule has 14 atom stereocenters. The molecule has 1 saturated heterocycles. The van der Waals surface area contributed by atoms with Crippen molar-refractivity contribution in [1.82, 2.24) is 10.6 Å². The van der Waals surface area contributed by atoms with Gasteiger partial charge in [0, 0.05) is 25.5 Å². The van der Waals surface area contributed by atoms with Crippen molar-refractivity contribution in [1.29, 1.82) is 0 Å². The van der Waals surface area contributed by atoms with E-state index in [0.29, 0.717) is 0 Å². The zero-order valence-electron chi connectivity index (χ0n) is 20.2. The molecule has 3 rings (SSSR count). The molecule has 0 spiro atoms. The van der Waals surface area contributed by atoms with Crippen LogP contribution < -0.4 is 10.6 Å². The molecule has 2 fully saturated rings. The van der Waals surface area contributed by atoms with Gasteiger partial charge >= 0.3 is 0 Å². The van der Waals surface area contributed by atoms with E-state index < -0.39 is 111 Å². The molecular formula is C22H38N2O13. The van der Waals surface area contributed by atoms with E-state index in [1.807, 2.05) is 0 Å². The van der Waals surface area contributed by atoms with Crippen molar-refractivity contribution in [2.45, 2.75) is 92.7 Å². The van der Waals surface area contributed by atoms with Crippen LogP contribution in [-0.2, 0) is 14.3 Å². The predicted molar refractivity (Wildman–Crippen MR) is 121 cm³/mol. The van der Waals surface area contributed by atoms with Crippen LogP contribution in [0.1, 0.15) is 13.3 Å². The number of aliphatic hydroxyl groups is 10. The smallest absolute Gasteiger partial charge is 0.217 e. The minimum atomic E-state index is -1.65. The summed E-state index contributed by atoms with van der Waals surface area (Å²) in [7, 11) is 0. The number of carbonyl (C=O) groups excluding carboxylic acids is 1. The van der Waals surface area contributed by atoms with Crippen molar-refractivity contribution in [3.05, 3.63) is 11.6 Å². The van der Waals surface area contributed by atoms with Crippen molar-refractivity contribution >= 4 is 5.91 Å². The molecule has 0 bridgehead atoms. The summed E-state index contributed by atoms with van der Waals surface area (Å²) >= 11 is 0. The summed E-state index contributed by atoms with van der Waals surface area (Å²) in [6, 6.07) is -3.26. The van der Waals surface area contributed by atoms with E-state index in [-0.39, 0.29) is 12.0 Å². The lowest BCUT2D eigenvalue weighted by atomic mass is 9.78. The number of amides is 1. The zero-order chi connectivity index (χ0) is 27.6. The Bertz CT molecular complexity index is 801. The normalized spacial score (nSPS) is 46.8. The second-order valence-corrected chi connectivity index (χ2v) is 9.82. The highest BCUT2D eigenvalue weighted by molar-refractivity contribution is 5.73. The molecule has 2 aliphatic carbocycles. The van der Waals surface area contributed by atoms with Crippen LogP contribution in [0.2, 0.25) is 0 Å². The van der Waals surface area contributed by atoms with Crippen LogP contribution in [-0.4, -0.2) is 156 Å². The Balaban J connectivity index is 1.78. The molecule has 1 amide bonds. The Morgan fingerprint density at radius 3 is 2.19 bits per heavy atom. The molecule has 15 nitrogen and oxygen atoms in total. The molecular weight excluding hydrogens is 500 g/mol. The van der Waals surface area contributed by atoms with Crippen molar-refractivity contribution in [2.24, 2.45) is 5.92 Å². The number of nitrogens with one attached hydrogen (secondary N) is 2. The fraction of sp³-hybridized carbons (Fsp3) is 0.864. The summed E-state index contributed by atoms with van der Waals surface area (Å²) in [5.41, 5.74) is 0.0544. The van der Waals surface area contributed by atoms with Gasteiger partial charge in [-0.2, -0.15) is 0 Å². The van der Waals surface area contributed by atoms with Gasteiger partial charge in [0.05, 0.1) is 31.5 Å². The van der Waals surface area contributed by atoms with E-state index in [1.165, 1.54) is 6.08 Å². The molecule has 12 N–H and O–H groups in total. The molecule has 1 saturated carbocycles. The first kappa shape index (κ1) is 30.2. The van der Waals surface area contributed by atoms with Crippen LogP contribution in [0.3, 0.4) is 0 Å². The van der Waals surface area contributed by atoms with E-state index in [1.54, 1.807) is 0 Å². The third-order valence-corrected chi connectivity index (χ3v) is 7.30. The topological polar surface area (TPSA) is 262 Å². The van der Waals surface area contributed by atoms with Crippen LogP contribution in [0, 0.1) is 5.92 Å². The SMILES string of the molecule is CC(=O)NC1C(OC2C(CO)CC(NC3C=C(CO)C(O)C(O)C3O)C(O)C2O)OC(CO)C(O)C1O. The third kappa shape index (κ3) is 6.30. The van der Waals surface area contributed by atoms with Gasteiger partial charge in [0.1, 0.15) is 48.8 Å². The van der Waals surface area contributed by atoms with Gasteiger partial charge in [-0.1, -0.05) is 6.08 Å². The van der Waals surface area contributed by atoms with Crippen LogP contribution >= 0.6 is 0 Å². The molecule has 0 aromatic carbocycles. The van der Waals surface area contributed by atoms with Crippen molar-refractivity contribution in [2.75, 3.05) is 19.8 Å². The van der Waals surface area contributed by atoms with Gasteiger partial charge < -0.3 is 71.2 Å². The highest BCUT2D eigenvalue weighted by atomic mass is 16.7. The van der Waals surface area contributed by atoms with E-state index >= 15 is 0 Å². The summed E-state index contributed by atoms with van der Waals surface area (Å²) in [5, 5.41) is 107. The first-order valence-electron chi connectivity index (χ1n) is 12.1. The van der Waals surface area contributed by atoms with Crippen LogP contribution in [0.4, 0.5) is 0 Å². The summed E-state index contributed by atoms with van der Waals surface area (Å²) in [6.45, 7) is -0.651. The quantitative estimate of drug-likeness (QED) is 0.128. The molecule has 1 heterocycles. The molecule has 15 heteroatoms. The minimum absolute atomic E-state index is 0.0182. The molecule has 14 unspecified atom stereocenters. The Morgan fingerprint density at radius 1 is 0.946 bits per heavy atom. The zero-order valence-corrected chi connectivity index (χ0v) is 20.2. The molecule has 1 aliphatic heterocycles. The average molecular weight is 539 g/mol. The van der Waals surface area contributed by atoms with Gasteiger partial charge in [-0.3, -0.25) is 4.79 Å². The van der Waals surface area contributed by atoms with Crippen LogP contribution in [0.25, 0.3) is 0 Å². The number of carbonyl (C=O) groups is 1. The van der Waals surface area contributed by atoms with Gasteiger partial charge in [-0.25, -0.2) is 0 Å². The highest BCUT2D eigenvalue weighted by Gasteiger charge is 2.51. The summed E-state index contributed by atoms with van der Waals surface area (Å²) in [5.74, 6) is -1.43. The van der Waals surface area contributed by atoms with Gasteiger partial charge in [-0.15, -0.1) is 0 Å². The van der Waals surface area contributed by atoms with Gasteiger partial charge in [0.25, 0.3) is 0 Å². The fourth-order valence-electron chi connectivity index (χ4n) is 5.18. The standard InChI is InChI=1S/C22H38N2O13/c1-7(28)23-13-18(33)17(32)12(6-27)36-22(13)37-21-9(5-26)3-11(16(31)20(21)35)24-10-2-8(4-25)14(29)19(34)15(10)30/h2,9-22,24-27,29-35H,3-6H2,1H3,(H,23,28). The Morgan fingerprint density at radius 2 is 1.62 bits per heavy atom. The maximum atomic E-state index is 11.7. The lowest BCUT2D eigenvalue weighted by Gasteiger charge is -2.48. The van der Waals surface area contributed by atoms with E-state index in [9.17, 15) is 55.9 Å². The third-order valence-electron chi connectivity index (χ3n) is 7.30. The number of hydrogen-bond acceptors (Lipinski definition) is 14. The number of ether oxygens (including phenoxy) is 2. The van der Waals surface area contributed by atoms with Crippen molar-refractivity contribution in [3.63, 3.8) is 0 Å². The molecule has 0 aromatic rings. The van der Waals surface area contributed by atoms with Crippen LogP contribution in [0.5, 0.6) is 0 Å². The van der Waals surface area contributed by atoms with Gasteiger partial charge in [0.15, 0.2) is 6.29 Å². The highest BCUT2D eigenvalue weighted by Crippen LogP contribution is 2.33. The molecule has 3 aliphatic rings. The van der Waals surface area contributed by atoms with Gasteiger partial charge in [-0.05, 0) is 12.0 Å². The fourth-order valence-corrected chi connectivity index (χ4v) is 5.18.